The van der Waals surface area contributed by atoms with E-state index in [2.05, 4.69) is 35.4 Å². The van der Waals surface area contributed by atoms with Gasteiger partial charge in [-0.15, -0.1) is 0 Å². The van der Waals surface area contributed by atoms with Crippen LogP contribution in [0, 0.1) is 13.8 Å². The molecule has 1 aliphatic heterocycles. The van der Waals surface area contributed by atoms with Crippen molar-refractivity contribution in [3.05, 3.63) is 59.2 Å². The Morgan fingerprint density at radius 2 is 1.78 bits per heavy atom. The molecule has 0 aliphatic carbocycles. The highest BCUT2D eigenvalue weighted by molar-refractivity contribution is 6.00. The van der Waals surface area contributed by atoms with E-state index in [9.17, 15) is 4.79 Å². The lowest BCUT2D eigenvalue weighted by molar-refractivity contribution is 0.0374. The molecule has 1 heterocycles. The molecule has 0 spiro atoms. The minimum absolute atomic E-state index is 0.0367. The van der Waals surface area contributed by atoms with Crippen LogP contribution in [0.4, 0.5) is 11.4 Å². The summed E-state index contributed by atoms with van der Waals surface area (Å²) in [6.07, 6.45) is 0.943. The molecule has 1 saturated heterocycles. The molecule has 27 heavy (non-hydrogen) atoms. The molecule has 0 saturated carbocycles. The van der Waals surface area contributed by atoms with E-state index in [-0.39, 0.29) is 5.91 Å². The van der Waals surface area contributed by atoms with Gasteiger partial charge in [-0.1, -0.05) is 24.3 Å². The van der Waals surface area contributed by atoms with Crippen molar-refractivity contribution in [2.24, 2.45) is 0 Å². The SMILES string of the molecule is Cc1cccc(Nc2ccccc2C(=O)NCCCN2CCOCC2)c1C. The third-order valence-electron chi connectivity index (χ3n) is 5.09. The molecule has 1 fully saturated rings. The van der Waals surface area contributed by atoms with E-state index in [0.29, 0.717) is 12.1 Å². The van der Waals surface area contributed by atoms with Crippen LogP contribution < -0.4 is 10.6 Å². The number of para-hydroxylation sites is 1. The summed E-state index contributed by atoms with van der Waals surface area (Å²) in [5.41, 5.74) is 4.95. The second-order valence-corrected chi connectivity index (χ2v) is 6.98. The van der Waals surface area contributed by atoms with Gasteiger partial charge in [0.1, 0.15) is 0 Å². The van der Waals surface area contributed by atoms with Gasteiger partial charge in [0.2, 0.25) is 0 Å². The summed E-state index contributed by atoms with van der Waals surface area (Å²) in [6, 6.07) is 13.8. The highest BCUT2D eigenvalue weighted by atomic mass is 16.5. The van der Waals surface area contributed by atoms with Crippen molar-refractivity contribution < 1.29 is 9.53 Å². The lowest BCUT2D eigenvalue weighted by Crippen LogP contribution is -2.38. The summed E-state index contributed by atoms with van der Waals surface area (Å²) < 4.78 is 5.36. The maximum Gasteiger partial charge on any atom is 0.253 e. The predicted octanol–water partition coefficient (Wildman–Crippen LogP) is 3.50. The summed E-state index contributed by atoms with van der Waals surface area (Å²) in [7, 11) is 0. The Morgan fingerprint density at radius 3 is 2.59 bits per heavy atom. The molecule has 2 aromatic carbocycles. The van der Waals surface area contributed by atoms with Crippen molar-refractivity contribution in [1.82, 2.24) is 10.2 Å². The van der Waals surface area contributed by atoms with Crippen LogP contribution >= 0.6 is 0 Å². The van der Waals surface area contributed by atoms with E-state index in [0.717, 1.165) is 50.6 Å². The van der Waals surface area contributed by atoms with Gasteiger partial charge < -0.3 is 15.4 Å². The number of hydrogen-bond acceptors (Lipinski definition) is 4. The summed E-state index contributed by atoms with van der Waals surface area (Å²) in [4.78, 5) is 15.1. The number of carbonyl (C=O) groups excluding carboxylic acids is 1. The fourth-order valence-electron chi connectivity index (χ4n) is 3.25. The molecule has 1 aliphatic rings. The monoisotopic (exact) mass is 367 g/mol. The first-order valence-electron chi connectivity index (χ1n) is 9.66. The van der Waals surface area contributed by atoms with Crippen LogP contribution in [0.5, 0.6) is 0 Å². The van der Waals surface area contributed by atoms with Crippen molar-refractivity contribution >= 4 is 17.3 Å². The van der Waals surface area contributed by atoms with Gasteiger partial charge >= 0.3 is 0 Å². The molecule has 0 atom stereocenters. The number of rotatable bonds is 7. The third kappa shape index (κ3) is 5.31. The molecule has 144 valence electrons. The molecule has 2 aromatic rings. The van der Waals surface area contributed by atoms with Gasteiger partial charge in [-0.3, -0.25) is 9.69 Å². The van der Waals surface area contributed by atoms with Crippen molar-refractivity contribution in [2.75, 3.05) is 44.7 Å². The van der Waals surface area contributed by atoms with Crippen molar-refractivity contribution in [3.8, 4) is 0 Å². The van der Waals surface area contributed by atoms with Gasteiger partial charge in [-0.05, 0) is 56.1 Å². The first kappa shape index (κ1) is 19.4. The lowest BCUT2D eigenvalue weighted by Gasteiger charge is -2.26. The lowest BCUT2D eigenvalue weighted by atomic mass is 10.1. The predicted molar refractivity (Wildman–Crippen MR) is 110 cm³/mol. The fraction of sp³-hybridized carbons (Fsp3) is 0.409. The Hall–Kier alpha value is -2.37. The van der Waals surface area contributed by atoms with Gasteiger partial charge in [0.15, 0.2) is 0 Å². The molecule has 5 nitrogen and oxygen atoms in total. The molecule has 3 rings (SSSR count). The topological polar surface area (TPSA) is 53.6 Å². The standard InChI is InChI=1S/C22H29N3O2/c1-17-7-5-10-20(18(17)2)24-21-9-4-3-8-19(21)22(26)23-11-6-12-25-13-15-27-16-14-25/h3-5,7-10,24H,6,11-16H2,1-2H3,(H,23,26). The Morgan fingerprint density at radius 1 is 1.04 bits per heavy atom. The van der Waals surface area contributed by atoms with Gasteiger partial charge in [-0.2, -0.15) is 0 Å². The maximum atomic E-state index is 12.7. The van der Waals surface area contributed by atoms with E-state index in [1.807, 2.05) is 36.4 Å². The molecule has 0 radical (unpaired) electrons. The van der Waals surface area contributed by atoms with Crippen LogP contribution in [0.1, 0.15) is 27.9 Å². The van der Waals surface area contributed by atoms with Gasteiger partial charge in [0, 0.05) is 25.3 Å². The molecule has 2 N–H and O–H groups in total. The Labute approximate surface area is 161 Å². The molecular formula is C22H29N3O2. The summed E-state index contributed by atoms with van der Waals surface area (Å²) in [5, 5.41) is 6.48. The average Bonchev–Trinajstić information content (AvgIpc) is 2.70. The van der Waals surface area contributed by atoms with E-state index in [1.54, 1.807) is 0 Å². The van der Waals surface area contributed by atoms with E-state index in [4.69, 9.17) is 4.74 Å². The summed E-state index contributed by atoms with van der Waals surface area (Å²) >= 11 is 0. The first-order chi connectivity index (χ1) is 13.1. The number of carbonyl (C=O) groups is 1. The highest BCUT2D eigenvalue weighted by Gasteiger charge is 2.13. The minimum atomic E-state index is -0.0367. The van der Waals surface area contributed by atoms with Crippen molar-refractivity contribution in [3.63, 3.8) is 0 Å². The Bertz CT molecular complexity index is 770. The highest BCUT2D eigenvalue weighted by Crippen LogP contribution is 2.25. The van der Waals surface area contributed by atoms with E-state index >= 15 is 0 Å². The Balaban J connectivity index is 1.57. The van der Waals surface area contributed by atoms with Crippen molar-refractivity contribution in [2.45, 2.75) is 20.3 Å². The number of morpholine rings is 1. The van der Waals surface area contributed by atoms with Gasteiger partial charge in [0.25, 0.3) is 5.91 Å². The minimum Gasteiger partial charge on any atom is -0.379 e. The molecule has 0 bridgehead atoms. The number of anilines is 2. The number of nitrogens with one attached hydrogen (secondary N) is 2. The molecule has 0 aromatic heterocycles. The quantitative estimate of drug-likeness (QED) is 0.736. The van der Waals surface area contributed by atoms with Crippen LogP contribution in [0.15, 0.2) is 42.5 Å². The molecule has 5 heteroatoms. The zero-order valence-electron chi connectivity index (χ0n) is 16.3. The average molecular weight is 367 g/mol. The second kappa shape index (κ2) is 9.53. The number of benzene rings is 2. The smallest absolute Gasteiger partial charge is 0.253 e. The molecule has 0 unspecified atom stereocenters. The van der Waals surface area contributed by atoms with Crippen LogP contribution in [0.25, 0.3) is 0 Å². The largest absolute Gasteiger partial charge is 0.379 e. The number of hydrogen-bond donors (Lipinski definition) is 2. The second-order valence-electron chi connectivity index (χ2n) is 6.98. The normalized spacial score (nSPS) is 14.7. The van der Waals surface area contributed by atoms with Crippen molar-refractivity contribution in [1.29, 1.82) is 0 Å². The fourth-order valence-corrected chi connectivity index (χ4v) is 3.25. The number of nitrogens with zero attached hydrogens (tertiary/aromatic N) is 1. The zero-order valence-corrected chi connectivity index (χ0v) is 16.3. The van der Waals surface area contributed by atoms with E-state index in [1.165, 1.54) is 11.1 Å². The van der Waals surface area contributed by atoms with Crippen LogP contribution in [0.3, 0.4) is 0 Å². The maximum absolute atomic E-state index is 12.7. The summed E-state index contributed by atoms with van der Waals surface area (Å²) in [5.74, 6) is -0.0367. The van der Waals surface area contributed by atoms with E-state index < -0.39 is 0 Å². The molecule has 1 amide bonds. The summed E-state index contributed by atoms with van der Waals surface area (Å²) in [6.45, 7) is 9.43. The molecular weight excluding hydrogens is 338 g/mol. The number of ether oxygens (including phenoxy) is 1. The first-order valence-corrected chi connectivity index (χ1v) is 9.66. The number of amides is 1. The van der Waals surface area contributed by atoms with Gasteiger partial charge in [0.05, 0.1) is 24.5 Å². The van der Waals surface area contributed by atoms with Gasteiger partial charge in [-0.25, -0.2) is 0 Å². The third-order valence-corrected chi connectivity index (χ3v) is 5.09. The van der Waals surface area contributed by atoms with Crippen LogP contribution in [-0.2, 0) is 4.74 Å². The van der Waals surface area contributed by atoms with Crippen LogP contribution in [-0.4, -0.2) is 50.2 Å². The Kier molecular flexibility index (Phi) is 6.85. The zero-order chi connectivity index (χ0) is 19.1. The van der Waals surface area contributed by atoms with Crippen LogP contribution in [0.2, 0.25) is 0 Å². The number of aryl methyl sites for hydroxylation is 1.